The Balaban J connectivity index is 1.97. The van der Waals surface area contributed by atoms with E-state index in [1.54, 1.807) is 12.1 Å². The lowest BCUT2D eigenvalue weighted by Crippen LogP contribution is -2.31. The lowest BCUT2D eigenvalue weighted by molar-refractivity contribution is -0.119. The molecule has 0 aromatic heterocycles. The molecule has 6 heteroatoms. The Morgan fingerprint density at radius 2 is 2.11 bits per heavy atom. The lowest BCUT2D eigenvalue weighted by Gasteiger charge is -2.11. The van der Waals surface area contributed by atoms with Crippen molar-refractivity contribution in [1.82, 2.24) is 5.32 Å². The van der Waals surface area contributed by atoms with Gasteiger partial charge in [-0.25, -0.2) is 4.79 Å². The number of hydrogen-bond acceptors (Lipinski definition) is 4. The molecule has 2 rings (SSSR count). The van der Waals surface area contributed by atoms with Gasteiger partial charge in [0.25, 0.3) is 0 Å². The number of hydrogen-bond donors (Lipinski definition) is 4. The van der Waals surface area contributed by atoms with Crippen LogP contribution in [0.25, 0.3) is 0 Å². The van der Waals surface area contributed by atoms with Gasteiger partial charge in [-0.2, -0.15) is 0 Å². The van der Waals surface area contributed by atoms with Gasteiger partial charge in [-0.15, -0.1) is 0 Å². The van der Waals surface area contributed by atoms with E-state index >= 15 is 0 Å². The number of carbonyl (C=O) groups excluding carboxylic acids is 1. The van der Waals surface area contributed by atoms with Crippen molar-refractivity contribution in [2.45, 2.75) is 18.9 Å². The van der Waals surface area contributed by atoms with E-state index < -0.39 is 5.97 Å². The van der Waals surface area contributed by atoms with Gasteiger partial charge in [0.1, 0.15) is 0 Å². The fraction of sp³-hybridized carbons (Fsp3) is 0.333. The molecule has 96 valence electrons. The number of para-hydroxylation sites is 1. The number of benzene rings is 1. The smallest absolute Gasteiger partial charge is 0.337 e. The molecule has 0 heterocycles. The minimum atomic E-state index is -1.08. The van der Waals surface area contributed by atoms with Crippen molar-refractivity contribution < 1.29 is 14.7 Å². The van der Waals surface area contributed by atoms with Crippen molar-refractivity contribution >= 4 is 23.3 Å². The second-order valence-corrected chi connectivity index (χ2v) is 4.27. The van der Waals surface area contributed by atoms with Crippen LogP contribution in [-0.2, 0) is 4.79 Å². The molecular formula is C12H15N3O3. The Morgan fingerprint density at radius 1 is 1.39 bits per heavy atom. The molecule has 1 aromatic rings. The van der Waals surface area contributed by atoms with Gasteiger partial charge in [0.05, 0.1) is 23.5 Å². The van der Waals surface area contributed by atoms with Crippen molar-refractivity contribution in [3.63, 3.8) is 0 Å². The van der Waals surface area contributed by atoms with E-state index in [2.05, 4.69) is 10.6 Å². The minimum Gasteiger partial charge on any atom is -0.478 e. The van der Waals surface area contributed by atoms with E-state index in [4.69, 9.17) is 10.8 Å². The monoisotopic (exact) mass is 249 g/mol. The molecule has 0 spiro atoms. The number of nitrogen functional groups attached to an aromatic ring is 1. The van der Waals surface area contributed by atoms with Gasteiger partial charge in [-0.05, 0) is 25.0 Å². The van der Waals surface area contributed by atoms with Crippen molar-refractivity contribution in [1.29, 1.82) is 0 Å². The zero-order valence-electron chi connectivity index (χ0n) is 9.77. The van der Waals surface area contributed by atoms with E-state index in [0.29, 0.717) is 11.7 Å². The zero-order chi connectivity index (χ0) is 13.1. The second kappa shape index (κ2) is 4.95. The molecule has 6 nitrogen and oxygen atoms in total. The van der Waals surface area contributed by atoms with Gasteiger partial charge >= 0.3 is 5.97 Å². The summed E-state index contributed by atoms with van der Waals surface area (Å²) in [6, 6.07) is 4.96. The molecule has 5 N–H and O–H groups in total. The van der Waals surface area contributed by atoms with Gasteiger partial charge in [0, 0.05) is 6.04 Å². The molecule has 1 aromatic carbocycles. The Morgan fingerprint density at radius 3 is 2.72 bits per heavy atom. The van der Waals surface area contributed by atoms with Crippen LogP contribution in [0.4, 0.5) is 11.4 Å². The van der Waals surface area contributed by atoms with E-state index in [9.17, 15) is 9.59 Å². The maximum atomic E-state index is 11.5. The molecule has 0 bridgehead atoms. The number of carboxylic acids is 1. The Hall–Kier alpha value is -2.24. The van der Waals surface area contributed by atoms with Crippen LogP contribution in [0.1, 0.15) is 23.2 Å². The quantitative estimate of drug-likeness (QED) is 0.574. The topological polar surface area (TPSA) is 104 Å². The number of amides is 1. The summed E-state index contributed by atoms with van der Waals surface area (Å²) in [5.74, 6) is -1.20. The van der Waals surface area contributed by atoms with Crippen molar-refractivity contribution in [2.24, 2.45) is 0 Å². The van der Waals surface area contributed by atoms with E-state index in [1.807, 2.05) is 0 Å². The van der Waals surface area contributed by atoms with E-state index in [1.165, 1.54) is 6.07 Å². The summed E-state index contributed by atoms with van der Waals surface area (Å²) in [6.45, 7) is 0.0871. The maximum absolute atomic E-state index is 11.5. The third-order valence-electron chi connectivity index (χ3n) is 2.72. The predicted molar refractivity (Wildman–Crippen MR) is 67.5 cm³/mol. The average molecular weight is 249 g/mol. The van der Waals surface area contributed by atoms with Crippen LogP contribution in [0.5, 0.6) is 0 Å². The molecule has 0 unspecified atom stereocenters. The Bertz CT molecular complexity index is 483. The van der Waals surface area contributed by atoms with E-state index in [0.717, 1.165) is 12.8 Å². The highest BCUT2D eigenvalue weighted by Gasteiger charge is 2.23. The number of anilines is 2. The SMILES string of the molecule is Nc1c(NCC(=O)NC2CC2)cccc1C(=O)O. The average Bonchev–Trinajstić information content (AvgIpc) is 3.11. The number of nitrogens with two attached hydrogens (primary N) is 1. The van der Waals surface area contributed by atoms with E-state index in [-0.39, 0.29) is 23.7 Å². The molecule has 0 saturated heterocycles. The van der Waals surface area contributed by atoms with Gasteiger partial charge in [-0.1, -0.05) is 6.07 Å². The first-order chi connectivity index (χ1) is 8.58. The summed E-state index contributed by atoms with van der Waals surface area (Å²) in [7, 11) is 0. The van der Waals surface area contributed by atoms with Crippen molar-refractivity contribution in [2.75, 3.05) is 17.6 Å². The van der Waals surface area contributed by atoms with Crippen LogP contribution < -0.4 is 16.4 Å². The largest absolute Gasteiger partial charge is 0.478 e. The van der Waals surface area contributed by atoms with Crippen LogP contribution >= 0.6 is 0 Å². The third kappa shape index (κ3) is 2.91. The molecule has 0 atom stereocenters. The molecule has 0 aliphatic heterocycles. The van der Waals surface area contributed by atoms with Gasteiger partial charge in [-0.3, -0.25) is 4.79 Å². The van der Waals surface area contributed by atoms with Crippen LogP contribution in [0.2, 0.25) is 0 Å². The maximum Gasteiger partial charge on any atom is 0.337 e. The van der Waals surface area contributed by atoms with Crippen molar-refractivity contribution in [3.05, 3.63) is 23.8 Å². The van der Waals surface area contributed by atoms with Crippen molar-refractivity contribution in [3.8, 4) is 0 Å². The molecule has 1 aliphatic rings. The highest BCUT2D eigenvalue weighted by atomic mass is 16.4. The predicted octanol–water partition coefficient (Wildman–Crippen LogP) is 0.657. The van der Waals surface area contributed by atoms with Crippen LogP contribution in [0.15, 0.2) is 18.2 Å². The summed E-state index contributed by atoms with van der Waals surface area (Å²) in [5.41, 5.74) is 6.34. The van der Waals surface area contributed by atoms with Gasteiger partial charge in [0.15, 0.2) is 0 Å². The highest BCUT2D eigenvalue weighted by Crippen LogP contribution is 2.22. The molecule has 1 fully saturated rings. The summed E-state index contributed by atoms with van der Waals surface area (Å²) in [6.07, 6.45) is 2.06. The number of nitrogens with one attached hydrogen (secondary N) is 2. The summed E-state index contributed by atoms with van der Waals surface area (Å²) < 4.78 is 0. The summed E-state index contributed by atoms with van der Waals surface area (Å²) >= 11 is 0. The summed E-state index contributed by atoms with van der Waals surface area (Å²) in [4.78, 5) is 22.3. The molecular weight excluding hydrogens is 234 g/mol. The lowest BCUT2D eigenvalue weighted by atomic mass is 10.1. The summed E-state index contributed by atoms with van der Waals surface area (Å²) in [5, 5.41) is 14.6. The number of aromatic carboxylic acids is 1. The Kier molecular flexibility index (Phi) is 3.36. The minimum absolute atomic E-state index is 0.0302. The second-order valence-electron chi connectivity index (χ2n) is 4.27. The highest BCUT2D eigenvalue weighted by molar-refractivity contribution is 5.97. The third-order valence-corrected chi connectivity index (χ3v) is 2.72. The van der Waals surface area contributed by atoms with Gasteiger partial charge in [0.2, 0.25) is 5.91 Å². The first-order valence-electron chi connectivity index (χ1n) is 5.73. The molecule has 1 saturated carbocycles. The molecule has 1 amide bonds. The molecule has 1 aliphatic carbocycles. The van der Waals surface area contributed by atoms with Crippen LogP contribution in [0, 0.1) is 0 Å². The first kappa shape index (κ1) is 12.2. The standard InChI is InChI=1S/C12H15N3O3/c13-11-8(12(17)18)2-1-3-9(11)14-6-10(16)15-7-4-5-7/h1-3,7,14H,4-6,13H2,(H,15,16)(H,17,18). The number of carbonyl (C=O) groups is 2. The number of carboxylic acid groups (broad SMARTS) is 1. The molecule has 0 radical (unpaired) electrons. The van der Waals surface area contributed by atoms with Crippen LogP contribution in [-0.4, -0.2) is 29.6 Å². The fourth-order valence-corrected chi connectivity index (χ4v) is 1.59. The normalized spacial score (nSPS) is 14.0. The zero-order valence-corrected chi connectivity index (χ0v) is 9.77. The van der Waals surface area contributed by atoms with Crippen LogP contribution in [0.3, 0.4) is 0 Å². The fourth-order valence-electron chi connectivity index (χ4n) is 1.59. The number of rotatable bonds is 5. The first-order valence-corrected chi connectivity index (χ1v) is 5.73. The molecule has 18 heavy (non-hydrogen) atoms. The Labute approximate surface area is 104 Å². The van der Waals surface area contributed by atoms with Gasteiger partial charge < -0.3 is 21.5 Å².